The van der Waals surface area contributed by atoms with Gasteiger partial charge in [0.05, 0.1) is 6.61 Å². The van der Waals surface area contributed by atoms with Crippen LogP contribution >= 0.6 is 0 Å². The van der Waals surface area contributed by atoms with Crippen molar-refractivity contribution in [3.8, 4) is 0 Å². The van der Waals surface area contributed by atoms with Crippen molar-refractivity contribution in [1.29, 1.82) is 0 Å². The first-order valence-electron chi connectivity index (χ1n) is 6.76. The Hall–Kier alpha value is -2.55. The maximum Gasteiger partial charge on any atom is 0.331 e. The van der Waals surface area contributed by atoms with Crippen molar-refractivity contribution in [2.24, 2.45) is 0 Å². The molecule has 116 valence electrons. The third-order valence-corrected chi connectivity index (χ3v) is 3.61. The van der Waals surface area contributed by atoms with E-state index < -0.39 is 17.4 Å². The molecule has 9 heteroatoms. The van der Waals surface area contributed by atoms with Gasteiger partial charge in [0, 0.05) is 24.4 Å². The molecule has 2 N–H and O–H groups in total. The quantitative estimate of drug-likeness (QED) is 0.800. The third kappa shape index (κ3) is 2.29. The summed E-state index contributed by atoms with van der Waals surface area (Å²) in [5, 5.41) is 15.9. The molecule has 1 atom stereocenters. The van der Waals surface area contributed by atoms with Crippen molar-refractivity contribution < 1.29 is 19.4 Å². The Kier molecular flexibility index (Phi) is 3.28. The van der Waals surface area contributed by atoms with E-state index in [1.807, 2.05) is 19.9 Å². The Morgan fingerprint density at radius 2 is 2.18 bits per heavy atom. The summed E-state index contributed by atoms with van der Waals surface area (Å²) >= 11 is 0. The molecule has 2 aromatic heterocycles. The van der Waals surface area contributed by atoms with Crippen molar-refractivity contribution in [2.75, 3.05) is 13.2 Å². The number of nitrogens with zero attached hydrogens (tertiary/aromatic N) is 4. The summed E-state index contributed by atoms with van der Waals surface area (Å²) in [4.78, 5) is 31.9. The Morgan fingerprint density at radius 3 is 2.82 bits per heavy atom. The Labute approximate surface area is 125 Å². The number of hydrogen-bond donors (Lipinski definition) is 2. The number of rotatable bonds is 3. The van der Waals surface area contributed by atoms with Gasteiger partial charge in [-0.15, -0.1) is 5.10 Å². The largest absolute Gasteiger partial charge is 0.479 e. The predicted molar refractivity (Wildman–Crippen MR) is 73.5 cm³/mol. The lowest BCUT2D eigenvalue weighted by Gasteiger charge is -2.22. The second-order valence-corrected chi connectivity index (χ2v) is 5.33. The molecule has 0 aromatic carbocycles. The molecule has 1 aliphatic rings. The highest BCUT2D eigenvalue weighted by Crippen LogP contribution is 2.19. The monoisotopic (exact) mass is 305 g/mol. The number of aliphatic carboxylic acids is 1. The van der Waals surface area contributed by atoms with E-state index in [4.69, 9.17) is 4.74 Å². The Bertz CT molecular complexity index is 763. The van der Waals surface area contributed by atoms with Gasteiger partial charge < -0.3 is 15.2 Å². The molecule has 3 rings (SSSR count). The smallest absolute Gasteiger partial charge is 0.331 e. The van der Waals surface area contributed by atoms with E-state index >= 15 is 0 Å². The van der Waals surface area contributed by atoms with Gasteiger partial charge in [-0.05, 0) is 19.9 Å². The molecule has 0 spiro atoms. The van der Waals surface area contributed by atoms with Crippen LogP contribution in [0.4, 0.5) is 0 Å². The molecular formula is C13H15N5O4. The summed E-state index contributed by atoms with van der Waals surface area (Å²) in [6.45, 7) is 3.85. The normalized spacial score (nSPS) is 21.2. The minimum Gasteiger partial charge on any atom is -0.479 e. The number of hydrogen-bond acceptors (Lipinski definition) is 6. The molecule has 1 aliphatic heterocycles. The molecule has 0 saturated carbocycles. The molecule has 0 aliphatic carbocycles. The fourth-order valence-corrected chi connectivity index (χ4v) is 2.42. The molecule has 3 heterocycles. The average molecular weight is 305 g/mol. The third-order valence-electron chi connectivity index (χ3n) is 3.61. The molecule has 0 bridgehead atoms. The maximum absolute atomic E-state index is 12.3. The molecule has 1 unspecified atom stereocenters. The number of carbonyl (C=O) groups excluding carboxylic acids is 1. The summed E-state index contributed by atoms with van der Waals surface area (Å²) in [6.07, 6.45) is 0.206. The minimum atomic E-state index is -1.42. The summed E-state index contributed by atoms with van der Waals surface area (Å²) in [5.41, 5.74) is 0.120. The SMILES string of the molecule is Cc1cc(C)n2nc(C(=O)NC3(C(=O)O)CCOC3)nc2n1. The number of amides is 1. The van der Waals surface area contributed by atoms with Crippen molar-refractivity contribution >= 4 is 17.7 Å². The number of fused-ring (bicyclic) bond motifs is 1. The van der Waals surface area contributed by atoms with Crippen LogP contribution < -0.4 is 5.32 Å². The summed E-state index contributed by atoms with van der Waals surface area (Å²) in [6, 6.07) is 1.81. The van der Waals surface area contributed by atoms with Crippen molar-refractivity contribution in [3.63, 3.8) is 0 Å². The van der Waals surface area contributed by atoms with Crippen LogP contribution in [0.5, 0.6) is 0 Å². The van der Waals surface area contributed by atoms with Gasteiger partial charge in [-0.3, -0.25) is 4.79 Å². The van der Waals surface area contributed by atoms with Gasteiger partial charge in [-0.1, -0.05) is 0 Å². The van der Waals surface area contributed by atoms with Crippen LogP contribution in [-0.4, -0.2) is 55.3 Å². The van der Waals surface area contributed by atoms with Crippen LogP contribution in [0.1, 0.15) is 28.4 Å². The van der Waals surface area contributed by atoms with Crippen LogP contribution in [0, 0.1) is 13.8 Å². The van der Waals surface area contributed by atoms with Crippen LogP contribution in [-0.2, 0) is 9.53 Å². The average Bonchev–Trinajstić information content (AvgIpc) is 3.05. The zero-order valence-electron chi connectivity index (χ0n) is 12.2. The van der Waals surface area contributed by atoms with Crippen molar-refractivity contribution in [3.05, 3.63) is 23.3 Å². The van der Waals surface area contributed by atoms with E-state index in [0.717, 1.165) is 11.4 Å². The molecule has 1 fully saturated rings. The van der Waals surface area contributed by atoms with Crippen LogP contribution in [0.15, 0.2) is 6.07 Å². The number of nitrogens with one attached hydrogen (secondary N) is 1. The van der Waals surface area contributed by atoms with Crippen LogP contribution in [0.2, 0.25) is 0 Å². The number of carbonyl (C=O) groups is 2. The van der Waals surface area contributed by atoms with E-state index in [1.165, 1.54) is 4.52 Å². The van der Waals surface area contributed by atoms with E-state index in [0.29, 0.717) is 5.78 Å². The molecule has 1 amide bonds. The lowest BCUT2D eigenvalue weighted by Crippen LogP contribution is -2.55. The summed E-state index contributed by atoms with van der Waals surface area (Å²) in [5.74, 6) is -1.61. The van der Waals surface area contributed by atoms with Crippen molar-refractivity contribution in [1.82, 2.24) is 24.9 Å². The van der Waals surface area contributed by atoms with Gasteiger partial charge >= 0.3 is 5.97 Å². The second kappa shape index (κ2) is 5.02. The first-order valence-corrected chi connectivity index (χ1v) is 6.76. The molecule has 22 heavy (non-hydrogen) atoms. The van der Waals surface area contributed by atoms with Crippen molar-refractivity contribution in [2.45, 2.75) is 25.8 Å². The van der Waals surface area contributed by atoms with Gasteiger partial charge in [0.25, 0.3) is 11.7 Å². The number of carboxylic acid groups (broad SMARTS) is 1. The highest BCUT2D eigenvalue weighted by atomic mass is 16.5. The second-order valence-electron chi connectivity index (χ2n) is 5.33. The van der Waals surface area contributed by atoms with E-state index in [9.17, 15) is 14.7 Å². The zero-order valence-corrected chi connectivity index (χ0v) is 12.2. The number of aromatic nitrogens is 4. The lowest BCUT2D eigenvalue weighted by molar-refractivity contribution is -0.144. The van der Waals surface area contributed by atoms with E-state index in [2.05, 4.69) is 20.4 Å². The van der Waals surface area contributed by atoms with Gasteiger partial charge in [-0.2, -0.15) is 4.98 Å². The molecule has 1 saturated heterocycles. The highest BCUT2D eigenvalue weighted by Gasteiger charge is 2.44. The zero-order chi connectivity index (χ0) is 15.9. The fourth-order valence-electron chi connectivity index (χ4n) is 2.42. The standard InChI is InChI=1S/C13H15N5O4/c1-7-5-8(2)18-12(14-7)15-9(17-18)10(19)16-13(11(20)21)3-4-22-6-13/h5H,3-4,6H2,1-2H3,(H,16,19)(H,20,21). The topological polar surface area (TPSA) is 119 Å². The van der Waals surface area contributed by atoms with Gasteiger partial charge in [-0.25, -0.2) is 14.3 Å². The molecule has 0 radical (unpaired) electrons. The molecule has 9 nitrogen and oxygen atoms in total. The Morgan fingerprint density at radius 1 is 1.41 bits per heavy atom. The highest BCUT2D eigenvalue weighted by molar-refractivity contribution is 5.95. The van der Waals surface area contributed by atoms with Crippen LogP contribution in [0.3, 0.4) is 0 Å². The summed E-state index contributed by atoms with van der Waals surface area (Å²) in [7, 11) is 0. The molecular weight excluding hydrogens is 290 g/mol. The van der Waals surface area contributed by atoms with E-state index in [-0.39, 0.29) is 25.5 Å². The number of aryl methyl sites for hydroxylation is 2. The Balaban J connectivity index is 1.92. The number of carboxylic acids is 1. The number of ether oxygens (including phenoxy) is 1. The minimum absolute atomic E-state index is 0.0716. The molecule has 2 aromatic rings. The van der Waals surface area contributed by atoms with Gasteiger partial charge in [0.2, 0.25) is 5.82 Å². The maximum atomic E-state index is 12.3. The van der Waals surface area contributed by atoms with Gasteiger partial charge in [0.1, 0.15) is 0 Å². The fraction of sp³-hybridized carbons (Fsp3) is 0.462. The predicted octanol–water partition coefficient (Wildman–Crippen LogP) is -0.285. The lowest BCUT2D eigenvalue weighted by atomic mass is 9.99. The van der Waals surface area contributed by atoms with E-state index in [1.54, 1.807) is 0 Å². The first-order chi connectivity index (χ1) is 10.4. The van der Waals surface area contributed by atoms with Crippen LogP contribution in [0.25, 0.3) is 5.78 Å². The summed E-state index contributed by atoms with van der Waals surface area (Å²) < 4.78 is 6.54. The van der Waals surface area contributed by atoms with Gasteiger partial charge in [0.15, 0.2) is 5.54 Å². The first kappa shape index (κ1) is 14.4.